The van der Waals surface area contributed by atoms with Gasteiger partial charge in [-0.15, -0.1) is 0 Å². The van der Waals surface area contributed by atoms with Gasteiger partial charge in [-0.1, -0.05) is 0 Å². The number of hydrogen-bond donors (Lipinski definition) is 0. The molecular formula is C6H12INO2S. The molecule has 0 bridgehead atoms. The highest BCUT2D eigenvalue weighted by atomic mass is 127. The van der Waals surface area contributed by atoms with Crippen molar-refractivity contribution in [3.8, 4) is 0 Å². The van der Waals surface area contributed by atoms with Gasteiger partial charge in [-0.25, -0.2) is 8.42 Å². The van der Waals surface area contributed by atoms with Crippen LogP contribution in [0.15, 0.2) is 0 Å². The molecule has 11 heavy (non-hydrogen) atoms. The van der Waals surface area contributed by atoms with Crippen molar-refractivity contribution < 1.29 is 8.42 Å². The summed E-state index contributed by atoms with van der Waals surface area (Å²) in [6.07, 6.45) is 2.06. The van der Waals surface area contributed by atoms with Gasteiger partial charge < -0.3 is 0 Å². The van der Waals surface area contributed by atoms with Crippen molar-refractivity contribution in [1.82, 2.24) is 4.31 Å². The van der Waals surface area contributed by atoms with Crippen LogP contribution in [0.2, 0.25) is 0 Å². The molecule has 0 unspecified atom stereocenters. The minimum absolute atomic E-state index is 0.101. The Hall–Kier alpha value is 0.640. The van der Waals surface area contributed by atoms with E-state index in [0.29, 0.717) is 0 Å². The minimum atomic E-state index is -3.00. The lowest BCUT2D eigenvalue weighted by Gasteiger charge is -2.21. The minimum Gasteiger partial charge on any atom is -0.201 e. The Morgan fingerprint density at radius 3 is 2.00 bits per heavy atom. The summed E-state index contributed by atoms with van der Waals surface area (Å²) in [7, 11) is -3.00. The van der Waals surface area contributed by atoms with E-state index in [1.807, 2.05) is 13.8 Å². The molecule has 0 amide bonds. The Bertz CT molecular complexity index is 231. The highest BCUT2D eigenvalue weighted by Crippen LogP contribution is 2.32. The van der Waals surface area contributed by atoms with Gasteiger partial charge >= 0.3 is 0 Å². The van der Waals surface area contributed by atoms with Crippen molar-refractivity contribution >= 4 is 28.4 Å². The largest absolute Gasteiger partial charge is 0.268 e. The molecular weight excluding hydrogens is 277 g/mol. The molecule has 1 fully saturated rings. The van der Waals surface area contributed by atoms with E-state index in [9.17, 15) is 8.42 Å². The first-order valence-electron chi connectivity index (χ1n) is 3.66. The standard InChI is InChI=1S/C6H12INO2S/c1-5(2)8(6-3-4-6)11(7,9)10/h5-6H,3-4H2,1-2H3. The van der Waals surface area contributed by atoms with Crippen molar-refractivity contribution in [3.05, 3.63) is 0 Å². The van der Waals surface area contributed by atoms with Crippen LogP contribution in [0.3, 0.4) is 0 Å². The van der Waals surface area contributed by atoms with Gasteiger partial charge in [0.2, 0.25) is 0 Å². The first-order valence-corrected chi connectivity index (χ1v) is 7.64. The van der Waals surface area contributed by atoms with Crippen molar-refractivity contribution in [2.45, 2.75) is 38.8 Å². The normalized spacial score (nSPS) is 19.7. The summed E-state index contributed by atoms with van der Waals surface area (Å²) < 4.78 is 23.9. The fraction of sp³-hybridized carbons (Fsp3) is 1.00. The SMILES string of the molecule is CC(C)N(C1CC1)S(=O)(=O)I. The van der Waals surface area contributed by atoms with Gasteiger partial charge in [-0.05, 0) is 26.7 Å². The molecule has 0 atom stereocenters. The third-order valence-corrected chi connectivity index (χ3v) is 4.26. The summed E-state index contributed by atoms with van der Waals surface area (Å²) in [5.74, 6) is 0. The molecule has 1 aliphatic carbocycles. The zero-order valence-corrected chi connectivity index (χ0v) is 9.59. The number of halogens is 1. The van der Waals surface area contributed by atoms with Crippen LogP contribution in [-0.2, 0) is 7.19 Å². The summed E-state index contributed by atoms with van der Waals surface area (Å²) in [4.78, 5) is 0. The topological polar surface area (TPSA) is 37.4 Å². The maximum absolute atomic E-state index is 11.2. The zero-order valence-electron chi connectivity index (χ0n) is 6.62. The number of hydrogen-bond acceptors (Lipinski definition) is 2. The average molecular weight is 289 g/mol. The van der Waals surface area contributed by atoms with Gasteiger partial charge in [0.1, 0.15) is 0 Å². The Kier molecular flexibility index (Phi) is 2.81. The van der Waals surface area contributed by atoms with Gasteiger partial charge in [0.05, 0.1) is 21.2 Å². The molecule has 1 saturated carbocycles. The van der Waals surface area contributed by atoms with E-state index >= 15 is 0 Å². The molecule has 0 aliphatic heterocycles. The van der Waals surface area contributed by atoms with Crippen LogP contribution < -0.4 is 0 Å². The quantitative estimate of drug-likeness (QED) is 0.584. The van der Waals surface area contributed by atoms with Crippen LogP contribution in [0.5, 0.6) is 0 Å². The second kappa shape index (κ2) is 3.18. The Labute approximate surface area is 79.8 Å². The smallest absolute Gasteiger partial charge is 0.201 e. The van der Waals surface area contributed by atoms with Crippen molar-refractivity contribution in [2.75, 3.05) is 0 Å². The van der Waals surface area contributed by atoms with Crippen LogP contribution in [-0.4, -0.2) is 24.8 Å². The average Bonchev–Trinajstić information content (AvgIpc) is 2.42. The zero-order chi connectivity index (χ0) is 8.65. The fourth-order valence-electron chi connectivity index (χ4n) is 1.18. The van der Waals surface area contributed by atoms with E-state index in [-0.39, 0.29) is 12.1 Å². The van der Waals surface area contributed by atoms with Gasteiger partial charge in [-0.3, -0.25) is 0 Å². The predicted molar refractivity (Wildman–Crippen MR) is 52.9 cm³/mol. The van der Waals surface area contributed by atoms with E-state index in [1.54, 1.807) is 4.31 Å². The maximum atomic E-state index is 11.2. The molecule has 0 aromatic carbocycles. The fourth-order valence-corrected chi connectivity index (χ4v) is 4.58. The van der Waals surface area contributed by atoms with Gasteiger partial charge in [0.25, 0.3) is 7.19 Å². The van der Waals surface area contributed by atoms with E-state index in [1.165, 1.54) is 21.2 Å². The maximum Gasteiger partial charge on any atom is 0.268 e. The second-order valence-corrected chi connectivity index (χ2v) is 7.68. The second-order valence-electron chi connectivity index (χ2n) is 3.10. The van der Waals surface area contributed by atoms with Crippen molar-refractivity contribution in [2.24, 2.45) is 0 Å². The Balaban J connectivity index is 2.75. The Morgan fingerprint density at radius 1 is 1.45 bits per heavy atom. The summed E-state index contributed by atoms with van der Waals surface area (Å²) in [6.45, 7) is 3.82. The molecule has 3 nitrogen and oxygen atoms in total. The molecule has 66 valence electrons. The molecule has 0 aromatic rings. The molecule has 5 heteroatoms. The van der Waals surface area contributed by atoms with E-state index in [0.717, 1.165) is 12.8 Å². The molecule has 0 radical (unpaired) electrons. The highest BCUT2D eigenvalue weighted by Gasteiger charge is 2.37. The molecule has 1 aliphatic rings. The van der Waals surface area contributed by atoms with Crippen LogP contribution >= 0.6 is 21.2 Å². The molecule has 0 heterocycles. The van der Waals surface area contributed by atoms with E-state index in [2.05, 4.69) is 0 Å². The van der Waals surface area contributed by atoms with Gasteiger partial charge in [-0.2, -0.15) is 4.31 Å². The summed E-state index contributed by atoms with van der Waals surface area (Å²) in [5, 5.41) is 0. The van der Waals surface area contributed by atoms with Crippen molar-refractivity contribution in [3.63, 3.8) is 0 Å². The predicted octanol–water partition coefficient (Wildman–Crippen LogP) is 1.54. The molecule has 0 N–H and O–H groups in total. The molecule has 1 rings (SSSR count). The molecule has 0 aromatic heterocycles. The first kappa shape index (κ1) is 9.73. The first-order chi connectivity index (χ1) is 4.93. The third kappa shape index (κ3) is 2.55. The van der Waals surface area contributed by atoms with E-state index in [4.69, 9.17) is 0 Å². The lowest BCUT2D eigenvalue weighted by molar-refractivity contribution is 0.356. The summed E-state index contributed by atoms with van der Waals surface area (Å²) in [6, 6.07) is 0.390. The van der Waals surface area contributed by atoms with Crippen LogP contribution in [0.4, 0.5) is 0 Å². The number of nitrogens with zero attached hydrogens (tertiary/aromatic N) is 1. The highest BCUT2D eigenvalue weighted by molar-refractivity contribution is 14.2. The molecule has 0 saturated heterocycles. The van der Waals surface area contributed by atoms with Gasteiger partial charge in [0, 0.05) is 12.1 Å². The van der Waals surface area contributed by atoms with Crippen LogP contribution in [0, 0.1) is 0 Å². The Morgan fingerprint density at radius 2 is 1.91 bits per heavy atom. The van der Waals surface area contributed by atoms with Crippen LogP contribution in [0.25, 0.3) is 0 Å². The number of rotatable bonds is 3. The third-order valence-electron chi connectivity index (χ3n) is 1.67. The summed E-state index contributed by atoms with van der Waals surface area (Å²) in [5.41, 5.74) is 0. The van der Waals surface area contributed by atoms with E-state index < -0.39 is 7.19 Å². The van der Waals surface area contributed by atoms with Crippen LogP contribution in [0.1, 0.15) is 26.7 Å². The summed E-state index contributed by atoms with van der Waals surface area (Å²) >= 11 is 1.51. The molecule has 0 spiro atoms. The lowest BCUT2D eigenvalue weighted by atomic mass is 10.4. The monoisotopic (exact) mass is 289 g/mol. The lowest BCUT2D eigenvalue weighted by Crippen LogP contribution is -2.35. The van der Waals surface area contributed by atoms with Gasteiger partial charge in [0.15, 0.2) is 0 Å². The van der Waals surface area contributed by atoms with Crippen molar-refractivity contribution in [1.29, 1.82) is 0 Å².